The fourth-order valence-electron chi connectivity index (χ4n) is 2.49. The summed E-state index contributed by atoms with van der Waals surface area (Å²) < 4.78 is 0. The number of thioether (sulfide) groups is 1. The summed E-state index contributed by atoms with van der Waals surface area (Å²) in [5, 5.41) is 13.8. The highest BCUT2D eigenvalue weighted by molar-refractivity contribution is 7.98. The molecule has 0 aliphatic carbocycles. The van der Waals surface area contributed by atoms with E-state index in [1.165, 1.54) is 11.0 Å². The van der Waals surface area contributed by atoms with Crippen LogP contribution < -0.4 is 5.32 Å². The lowest BCUT2D eigenvalue weighted by Crippen LogP contribution is -2.30. The summed E-state index contributed by atoms with van der Waals surface area (Å²) in [6.07, 6.45) is 2.02. The van der Waals surface area contributed by atoms with Gasteiger partial charge in [0.2, 0.25) is 5.91 Å². The van der Waals surface area contributed by atoms with Gasteiger partial charge in [-0.25, -0.2) is 0 Å². The highest BCUT2D eigenvalue weighted by atomic mass is 32.2. The van der Waals surface area contributed by atoms with Crippen molar-refractivity contribution in [1.29, 1.82) is 0 Å². The van der Waals surface area contributed by atoms with Crippen molar-refractivity contribution in [2.75, 3.05) is 25.2 Å². The lowest BCUT2D eigenvalue weighted by Gasteiger charge is -2.17. The third-order valence-electron chi connectivity index (χ3n) is 3.74. The molecule has 2 aromatic rings. The maximum Gasteiger partial charge on any atom is 0.293 e. The molecule has 0 saturated heterocycles. The number of carbonyl (C=O) groups excluding carboxylic acids is 1. The Labute approximate surface area is 151 Å². The fourth-order valence-corrected chi connectivity index (χ4v) is 2.90. The van der Waals surface area contributed by atoms with Gasteiger partial charge in [0.25, 0.3) is 5.69 Å². The summed E-state index contributed by atoms with van der Waals surface area (Å²) in [6.45, 7) is 2.51. The number of hydrogen-bond acceptors (Lipinski definition) is 5. The first-order valence-corrected chi connectivity index (χ1v) is 8.98. The smallest absolute Gasteiger partial charge is 0.293 e. The Hall–Kier alpha value is -2.38. The third kappa shape index (κ3) is 5.30. The number of hydrogen-bond donors (Lipinski definition) is 1. The Morgan fingerprint density at radius 1 is 1.24 bits per heavy atom. The molecule has 0 saturated carbocycles. The number of likely N-dealkylation sites (N-methyl/N-ethyl adjacent to an activating group) is 1. The largest absolute Gasteiger partial charge is 0.319 e. The average molecular weight is 359 g/mol. The molecule has 25 heavy (non-hydrogen) atoms. The predicted octanol–water partition coefficient (Wildman–Crippen LogP) is 3.70. The van der Waals surface area contributed by atoms with E-state index in [2.05, 4.69) is 5.32 Å². The van der Waals surface area contributed by atoms with Gasteiger partial charge in [-0.1, -0.05) is 24.3 Å². The topological polar surface area (TPSA) is 75.5 Å². The fraction of sp³-hybridized carbons (Fsp3) is 0.278. The molecule has 0 spiro atoms. The van der Waals surface area contributed by atoms with Crippen molar-refractivity contribution < 1.29 is 9.72 Å². The van der Waals surface area contributed by atoms with Crippen LogP contribution in [0.2, 0.25) is 0 Å². The Morgan fingerprint density at radius 3 is 2.52 bits per heavy atom. The number of anilines is 1. The van der Waals surface area contributed by atoms with Crippen molar-refractivity contribution in [3.63, 3.8) is 0 Å². The van der Waals surface area contributed by atoms with E-state index < -0.39 is 4.92 Å². The summed E-state index contributed by atoms with van der Waals surface area (Å²) in [5.74, 6) is -0.277. The Kier molecular flexibility index (Phi) is 6.55. The van der Waals surface area contributed by atoms with Gasteiger partial charge >= 0.3 is 0 Å². The molecule has 0 fully saturated rings. The van der Waals surface area contributed by atoms with Crippen LogP contribution in [0.1, 0.15) is 11.1 Å². The molecule has 0 radical (unpaired) electrons. The van der Waals surface area contributed by atoms with Crippen LogP contribution in [0.3, 0.4) is 0 Å². The van der Waals surface area contributed by atoms with Crippen molar-refractivity contribution in [1.82, 2.24) is 4.90 Å². The quantitative estimate of drug-likeness (QED) is 0.463. The molecule has 0 aromatic heterocycles. The summed E-state index contributed by atoms with van der Waals surface area (Å²) in [4.78, 5) is 25.9. The molecule has 2 aromatic carbocycles. The second-order valence-corrected chi connectivity index (χ2v) is 6.67. The molecule has 1 amide bonds. The van der Waals surface area contributed by atoms with E-state index in [-0.39, 0.29) is 23.8 Å². The highest BCUT2D eigenvalue weighted by Crippen LogP contribution is 2.27. The van der Waals surface area contributed by atoms with Crippen LogP contribution in [-0.4, -0.2) is 35.6 Å². The molecule has 0 bridgehead atoms. The maximum absolute atomic E-state index is 12.3. The van der Waals surface area contributed by atoms with Gasteiger partial charge in [0.15, 0.2) is 0 Å². The average Bonchev–Trinajstić information content (AvgIpc) is 2.57. The monoisotopic (exact) mass is 359 g/mol. The summed E-state index contributed by atoms with van der Waals surface area (Å²) >= 11 is 1.68. The lowest BCUT2D eigenvalue weighted by atomic mass is 10.1. The van der Waals surface area contributed by atoms with Gasteiger partial charge in [0.1, 0.15) is 5.69 Å². The van der Waals surface area contributed by atoms with Gasteiger partial charge < -0.3 is 5.32 Å². The van der Waals surface area contributed by atoms with E-state index in [1.807, 2.05) is 42.5 Å². The first-order valence-electron chi connectivity index (χ1n) is 7.76. The van der Waals surface area contributed by atoms with Gasteiger partial charge in [-0.05, 0) is 43.5 Å². The Bertz CT molecular complexity index is 763. The molecule has 6 nitrogen and oxygen atoms in total. The zero-order chi connectivity index (χ0) is 18.4. The van der Waals surface area contributed by atoms with Gasteiger partial charge in [-0.3, -0.25) is 19.8 Å². The molecular weight excluding hydrogens is 338 g/mol. The first-order chi connectivity index (χ1) is 11.9. The molecule has 0 aliphatic rings. The number of aryl methyl sites for hydroxylation is 1. The minimum absolute atomic E-state index is 0.0938. The molecule has 0 atom stereocenters. The number of carbonyl (C=O) groups is 1. The van der Waals surface area contributed by atoms with Crippen LogP contribution in [0.5, 0.6) is 0 Å². The first kappa shape index (κ1) is 19.0. The number of nitro benzene ring substituents is 1. The van der Waals surface area contributed by atoms with Crippen molar-refractivity contribution in [3.05, 3.63) is 63.7 Å². The normalized spacial score (nSPS) is 10.7. The molecular formula is C18H21N3O3S. The predicted molar refractivity (Wildman–Crippen MR) is 101 cm³/mol. The van der Waals surface area contributed by atoms with E-state index in [1.54, 1.807) is 30.8 Å². The minimum atomic E-state index is -0.486. The molecule has 0 heterocycles. The number of benzene rings is 2. The zero-order valence-electron chi connectivity index (χ0n) is 14.5. The van der Waals surface area contributed by atoms with Crippen LogP contribution in [0.15, 0.2) is 47.4 Å². The second kappa shape index (κ2) is 8.64. The van der Waals surface area contributed by atoms with Crippen LogP contribution in [0, 0.1) is 17.0 Å². The van der Waals surface area contributed by atoms with Gasteiger partial charge in [0.05, 0.1) is 11.5 Å². The number of amides is 1. The molecule has 132 valence electrons. The SMILES string of the molecule is CSc1ccc(CN(C)CC(=O)Nc2c(C)cccc2[N+](=O)[O-])cc1. The van der Waals surface area contributed by atoms with E-state index in [0.29, 0.717) is 12.1 Å². The standard InChI is InChI=1S/C18H21N3O3S/c1-13-5-4-6-16(21(23)24)18(13)19-17(22)12-20(2)11-14-7-9-15(25-3)10-8-14/h4-10H,11-12H2,1-3H3,(H,19,22). The van der Waals surface area contributed by atoms with Crippen LogP contribution in [0.25, 0.3) is 0 Å². The Balaban J connectivity index is 1.99. The van der Waals surface area contributed by atoms with Crippen molar-refractivity contribution >= 4 is 29.0 Å². The van der Waals surface area contributed by atoms with E-state index in [0.717, 1.165) is 5.56 Å². The number of nitrogens with one attached hydrogen (secondary N) is 1. The van der Waals surface area contributed by atoms with Crippen molar-refractivity contribution in [3.8, 4) is 0 Å². The Morgan fingerprint density at radius 2 is 1.92 bits per heavy atom. The molecule has 0 aliphatic heterocycles. The lowest BCUT2D eigenvalue weighted by molar-refractivity contribution is -0.384. The minimum Gasteiger partial charge on any atom is -0.319 e. The zero-order valence-corrected chi connectivity index (χ0v) is 15.3. The number of para-hydroxylation sites is 1. The maximum atomic E-state index is 12.3. The van der Waals surface area contributed by atoms with Crippen molar-refractivity contribution in [2.45, 2.75) is 18.4 Å². The molecule has 0 unspecified atom stereocenters. The number of rotatable bonds is 7. The van der Waals surface area contributed by atoms with Crippen LogP contribution in [0.4, 0.5) is 11.4 Å². The van der Waals surface area contributed by atoms with Gasteiger partial charge in [-0.15, -0.1) is 11.8 Å². The number of nitrogens with zero attached hydrogens (tertiary/aromatic N) is 2. The summed E-state index contributed by atoms with van der Waals surface area (Å²) in [6, 6.07) is 12.9. The highest BCUT2D eigenvalue weighted by Gasteiger charge is 2.18. The number of nitro groups is 1. The van der Waals surface area contributed by atoms with Crippen LogP contribution in [-0.2, 0) is 11.3 Å². The second-order valence-electron chi connectivity index (χ2n) is 5.79. The molecule has 7 heteroatoms. The summed E-state index contributed by atoms with van der Waals surface area (Å²) in [5.41, 5.74) is 1.94. The molecule has 2 rings (SSSR count). The van der Waals surface area contributed by atoms with Gasteiger partial charge in [0, 0.05) is 17.5 Å². The van der Waals surface area contributed by atoms with E-state index >= 15 is 0 Å². The van der Waals surface area contributed by atoms with E-state index in [4.69, 9.17) is 0 Å². The summed E-state index contributed by atoms with van der Waals surface area (Å²) in [7, 11) is 1.84. The van der Waals surface area contributed by atoms with Crippen molar-refractivity contribution in [2.24, 2.45) is 0 Å². The van der Waals surface area contributed by atoms with Crippen LogP contribution >= 0.6 is 11.8 Å². The van der Waals surface area contributed by atoms with Gasteiger partial charge in [-0.2, -0.15) is 0 Å². The third-order valence-corrected chi connectivity index (χ3v) is 4.48. The molecule has 1 N–H and O–H groups in total. The van der Waals surface area contributed by atoms with E-state index in [9.17, 15) is 14.9 Å².